The van der Waals surface area contributed by atoms with Gasteiger partial charge in [0.2, 0.25) is 0 Å². The van der Waals surface area contributed by atoms with Gasteiger partial charge in [-0.2, -0.15) is 5.01 Å². The molecule has 31 heavy (non-hydrogen) atoms. The molecule has 10 nitrogen and oxygen atoms in total. The first-order chi connectivity index (χ1) is 14.7. The number of nitrogens with one attached hydrogen (secondary N) is 2. The van der Waals surface area contributed by atoms with Crippen molar-refractivity contribution in [2.24, 2.45) is 10.3 Å². The highest BCUT2D eigenvalue weighted by molar-refractivity contribution is 8.15. The number of imide groups is 1. The lowest BCUT2D eigenvalue weighted by Crippen LogP contribution is -2.51. The minimum Gasteiger partial charge on any atom is -0.322 e. The lowest BCUT2D eigenvalue weighted by Gasteiger charge is -2.33. The van der Waals surface area contributed by atoms with Crippen LogP contribution < -0.4 is 15.6 Å². The first kappa shape index (κ1) is 20.3. The van der Waals surface area contributed by atoms with Crippen molar-refractivity contribution in [1.82, 2.24) is 15.8 Å². The van der Waals surface area contributed by atoms with Crippen molar-refractivity contribution in [3.05, 3.63) is 23.8 Å². The van der Waals surface area contributed by atoms with E-state index < -0.39 is 33.4 Å². The summed E-state index contributed by atoms with van der Waals surface area (Å²) in [5, 5.41) is 3.91. The van der Waals surface area contributed by atoms with Crippen molar-refractivity contribution >= 4 is 50.5 Å². The minimum absolute atomic E-state index is 0.0640. The van der Waals surface area contributed by atoms with E-state index in [-0.39, 0.29) is 11.3 Å². The zero-order valence-corrected chi connectivity index (χ0v) is 18.4. The van der Waals surface area contributed by atoms with Gasteiger partial charge in [-0.25, -0.2) is 13.2 Å². The maximum absolute atomic E-state index is 12.9. The molecule has 1 saturated heterocycles. The average Bonchev–Trinajstić information content (AvgIpc) is 3.18. The van der Waals surface area contributed by atoms with Gasteiger partial charge in [0.05, 0.1) is 11.4 Å². The minimum atomic E-state index is -3.47. The predicted octanol–water partition coefficient (Wildman–Crippen LogP) is 1.44. The van der Waals surface area contributed by atoms with Gasteiger partial charge in [0.1, 0.15) is 5.54 Å². The third kappa shape index (κ3) is 3.37. The number of amidine groups is 1. The lowest BCUT2D eigenvalue weighted by atomic mass is 9.77. The highest BCUT2D eigenvalue weighted by atomic mass is 32.2. The van der Waals surface area contributed by atoms with E-state index in [1.165, 1.54) is 11.8 Å². The summed E-state index contributed by atoms with van der Waals surface area (Å²) < 4.78 is 27.3. The van der Waals surface area contributed by atoms with Crippen LogP contribution in [-0.2, 0) is 14.8 Å². The van der Waals surface area contributed by atoms with E-state index in [2.05, 4.69) is 22.1 Å². The number of fused-ring (bicyclic) bond motifs is 3. The molecule has 0 aromatic heterocycles. The van der Waals surface area contributed by atoms with Crippen LogP contribution in [0.5, 0.6) is 0 Å². The van der Waals surface area contributed by atoms with Gasteiger partial charge in [-0.1, -0.05) is 6.92 Å². The van der Waals surface area contributed by atoms with E-state index in [1.54, 1.807) is 23.1 Å². The summed E-state index contributed by atoms with van der Waals surface area (Å²) in [6, 6.07) is 4.28. The molecule has 1 aromatic rings. The van der Waals surface area contributed by atoms with Gasteiger partial charge in [0.15, 0.2) is 5.17 Å². The number of hydrogen-bond donors (Lipinski definition) is 2. The molecule has 2 N–H and O–H groups in total. The van der Waals surface area contributed by atoms with E-state index in [9.17, 15) is 22.8 Å². The van der Waals surface area contributed by atoms with Crippen molar-refractivity contribution in [2.75, 3.05) is 17.2 Å². The molecule has 0 radical (unpaired) electrons. The SMILES string of the molecule is CC1CCC2(CC1)NC(=O)N(NC(=O)c1ccc3c(c1)SC1=NS(=O)(=O)CCN13)C2=O. The molecule has 1 aliphatic carbocycles. The van der Waals surface area contributed by atoms with Crippen LogP contribution in [0.15, 0.2) is 27.5 Å². The Morgan fingerprint density at radius 1 is 1.29 bits per heavy atom. The maximum atomic E-state index is 12.9. The van der Waals surface area contributed by atoms with Gasteiger partial charge in [0.25, 0.3) is 21.8 Å². The molecule has 164 valence electrons. The molecule has 0 atom stereocenters. The number of thioether (sulfide) groups is 1. The number of urea groups is 1. The third-order valence-electron chi connectivity index (χ3n) is 6.24. The Morgan fingerprint density at radius 2 is 2.03 bits per heavy atom. The number of carbonyl (C=O) groups excluding carboxylic acids is 3. The molecule has 5 rings (SSSR count). The summed E-state index contributed by atoms with van der Waals surface area (Å²) in [5.74, 6) is -0.578. The third-order valence-corrected chi connectivity index (χ3v) is 8.54. The second-order valence-electron chi connectivity index (χ2n) is 8.37. The number of amides is 4. The molecule has 3 aliphatic heterocycles. The quantitative estimate of drug-likeness (QED) is 0.635. The lowest BCUT2D eigenvalue weighted by molar-refractivity contribution is -0.134. The number of hydrogen-bond acceptors (Lipinski definition) is 7. The molecule has 0 unspecified atom stereocenters. The van der Waals surface area contributed by atoms with Gasteiger partial charge >= 0.3 is 6.03 Å². The van der Waals surface area contributed by atoms with Gasteiger partial charge in [0, 0.05) is 17.0 Å². The molecule has 1 saturated carbocycles. The molecular formula is C19H21N5O5S2. The van der Waals surface area contributed by atoms with Crippen LogP contribution in [0.25, 0.3) is 0 Å². The zero-order chi connectivity index (χ0) is 22.0. The van der Waals surface area contributed by atoms with Crippen LogP contribution in [0.2, 0.25) is 0 Å². The molecule has 2 fully saturated rings. The first-order valence-electron chi connectivity index (χ1n) is 10.1. The van der Waals surface area contributed by atoms with E-state index >= 15 is 0 Å². The normalized spacial score (nSPS) is 28.8. The second-order valence-corrected chi connectivity index (χ2v) is 11.1. The summed E-state index contributed by atoms with van der Waals surface area (Å²) in [6.07, 6.45) is 2.79. The molecule has 1 spiro atoms. The average molecular weight is 464 g/mol. The number of carbonyl (C=O) groups is 3. The number of nitrogens with zero attached hydrogens (tertiary/aromatic N) is 3. The largest absolute Gasteiger partial charge is 0.344 e. The van der Waals surface area contributed by atoms with Crippen LogP contribution in [0, 0.1) is 5.92 Å². The number of sulfonamides is 1. The fourth-order valence-corrected chi connectivity index (χ4v) is 6.65. The highest BCUT2D eigenvalue weighted by Crippen LogP contribution is 2.42. The van der Waals surface area contributed by atoms with Crippen LogP contribution in [0.3, 0.4) is 0 Å². The molecule has 3 heterocycles. The number of benzene rings is 1. The molecule has 12 heteroatoms. The van der Waals surface area contributed by atoms with Gasteiger partial charge in [-0.3, -0.25) is 15.0 Å². The second kappa shape index (κ2) is 6.95. The van der Waals surface area contributed by atoms with Crippen molar-refractivity contribution in [1.29, 1.82) is 0 Å². The van der Waals surface area contributed by atoms with Gasteiger partial charge in [-0.05, 0) is 61.6 Å². The highest BCUT2D eigenvalue weighted by Gasteiger charge is 2.53. The van der Waals surface area contributed by atoms with Crippen molar-refractivity contribution in [2.45, 2.75) is 43.0 Å². The van der Waals surface area contributed by atoms with E-state index in [1.807, 2.05) is 0 Å². The Labute approximate surface area is 183 Å². The van der Waals surface area contributed by atoms with Gasteiger partial charge in [-0.15, -0.1) is 4.40 Å². The van der Waals surface area contributed by atoms with E-state index in [0.29, 0.717) is 35.4 Å². The topological polar surface area (TPSA) is 128 Å². The van der Waals surface area contributed by atoms with Gasteiger partial charge < -0.3 is 10.2 Å². The first-order valence-corrected chi connectivity index (χ1v) is 12.5. The number of hydrazine groups is 1. The Hall–Kier alpha value is -2.60. The fraction of sp³-hybridized carbons (Fsp3) is 0.474. The molecular weight excluding hydrogens is 442 g/mol. The summed E-state index contributed by atoms with van der Waals surface area (Å²) in [5.41, 5.74) is 2.53. The molecule has 4 aliphatic rings. The summed E-state index contributed by atoms with van der Waals surface area (Å²) in [7, 11) is -3.47. The Morgan fingerprint density at radius 3 is 2.77 bits per heavy atom. The predicted molar refractivity (Wildman–Crippen MR) is 114 cm³/mol. The van der Waals surface area contributed by atoms with Crippen molar-refractivity contribution < 1.29 is 22.8 Å². The number of anilines is 1. The van der Waals surface area contributed by atoms with Crippen LogP contribution in [-0.4, -0.2) is 54.3 Å². The van der Waals surface area contributed by atoms with Crippen LogP contribution >= 0.6 is 11.8 Å². The van der Waals surface area contributed by atoms with Crippen molar-refractivity contribution in [3.63, 3.8) is 0 Å². The smallest absolute Gasteiger partial charge is 0.322 e. The van der Waals surface area contributed by atoms with E-state index in [4.69, 9.17) is 0 Å². The zero-order valence-electron chi connectivity index (χ0n) is 16.8. The Balaban J connectivity index is 1.34. The van der Waals surface area contributed by atoms with Crippen LogP contribution in [0.1, 0.15) is 43.0 Å². The molecule has 4 amide bonds. The van der Waals surface area contributed by atoms with Crippen LogP contribution in [0.4, 0.5) is 10.5 Å². The summed E-state index contributed by atoms with van der Waals surface area (Å²) in [4.78, 5) is 40.6. The molecule has 0 bridgehead atoms. The summed E-state index contributed by atoms with van der Waals surface area (Å²) in [6.45, 7) is 2.42. The number of rotatable bonds is 2. The molecule has 1 aromatic carbocycles. The Bertz CT molecular complexity index is 1140. The monoisotopic (exact) mass is 463 g/mol. The standard InChI is InChI=1S/C19H21N5O5S2/c1-11-4-6-19(7-5-11)16(26)24(17(27)20-19)21-15(25)12-2-3-13-14(10-12)30-18-22-31(28,29)9-8-23(13)18/h2-3,10-11H,4-9H2,1H3,(H,20,27)(H,21,25). The summed E-state index contributed by atoms with van der Waals surface area (Å²) >= 11 is 1.17. The fourth-order valence-electron chi connectivity index (χ4n) is 4.35. The van der Waals surface area contributed by atoms with E-state index in [0.717, 1.165) is 23.5 Å². The Kier molecular flexibility index (Phi) is 4.56. The van der Waals surface area contributed by atoms with Crippen molar-refractivity contribution in [3.8, 4) is 0 Å². The maximum Gasteiger partial charge on any atom is 0.344 e.